The van der Waals surface area contributed by atoms with Crippen LogP contribution in [-0.2, 0) is 4.79 Å². The predicted octanol–water partition coefficient (Wildman–Crippen LogP) is 2.48. The minimum Gasteiger partial charge on any atom is -0.497 e. The van der Waals surface area contributed by atoms with Crippen LogP contribution in [0.2, 0.25) is 0 Å². The first-order valence-electron chi connectivity index (χ1n) is 6.60. The normalized spacial score (nSPS) is 12.2. The molecule has 1 unspecified atom stereocenters. The van der Waals surface area contributed by atoms with Crippen LogP contribution in [0, 0.1) is 0 Å². The number of hydrogen-bond acceptors (Lipinski definition) is 5. The summed E-state index contributed by atoms with van der Waals surface area (Å²) in [6.45, 7) is 3.85. The quantitative estimate of drug-likeness (QED) is 0.883. The van der Waals surface area contributed by atoms with Crippen LogP contribution < -0.4 is 10.1 Å². The van der Waals surface area contributed by atoms with Gasteiger partial charge in [-0.05, 0) is 17.7 Å². The zero-order valence-electron chi connectivity index (χ0n) is 12.2. The van der Waals surface area contributed by atoms with Crippen LogP contribution >= 0.6 is 0 Å². The lowest BCUT2D eigenvalue weighted by molar-refractivity contribution is -0.124. The molecule has 0 fully saturated rings. The SMILES string of the molecule is COc1cccc(C(O)C(=O)Nc2cnoc2C(C)C)c1. The Balaban J connectivity index is 2.14. The molecule has 0 saturated carbocycles. The van der Waals surface area contributed by atoms with Crippen molar-refractivity contribution in [2.45, 2.75) is 25.9 Å². The Morgan fingerprint density at radius 2 is 2.19 bits per heavy atom. The van der Waals surface area contributed by atoms with Crippen molar-refractivity contribution in [3.05, 3.63) is 41.8 Å². The molecule has 0 aliphatic rings. The Morgan fingerprint density at radius 3 is 2.86 bits per heavy atom. The third-order valence-corrected chi connectivity index (χ3v) is 3.04. The van der Waals surface area contributed by atoms with E-state index in [4.69, 9.17) is 9.26 Å². The van der Waals surface area contributed by atoms with Gasteiger partial charge in [0.1, 0.15) is 11.4 Å². The fourth-order valence-electron chi connectivity index (χ4n) is 1.92. The molecule has 112 valence electrons. The minimum absolute atomic E-state index is 0.0803. The zero-order valence-corrected chi connectivity index (χ0v) is 12.2. The molecule has 1 atom stereocenters. The number of anilines is 1. The van der Waals surface area contributed by atoms with Crippen molar-refractivity contribution < 1.29 is 19.2 Å². The molecule has 2 rings (SSSR count). The highest BCUT2D eigenvalue weighted by Crippen LogP contribution is 2.25. The van der Waals surface area contributed by atoms with Crippen molar-refractivity contribution >= 4 is 11.6 Å². The van der Waals surface area contributed by atoms with Crippen LogP contribution in [0.5, 0.6) is 5.75 Å². The molecule has 0 aliphatic heterocycles. The van der Waals surface area contributed by atoms with E-state index in [0.29, 0.717) is 22.8 Å². The van der Waals surface area contributed by atoms with E-state index in [1.807, 2.05) is 13.8 Å². The molecule has 1 aromatic heterocycles. The largest absolute Gasteiger partial charge is 0.497 e. The molecule has 0 aliphatic carbocycles. The van der Waals surface area contributed by atoms with Crippen LogP contribution in [0.25, 0.3) is 0 Å². The lowest BCUT2D eigenvalue weighted by Gasteiger charge is -2.12. The first-order chi connectivity index (χ1) is 10.0. The average molecular weight is 290 g/mol. The van der Waals surface area contributed by atoms with Crippen molar-refractivity contribution in [1.82, 2.24) is 5.16 Å². The Hall–Kier alpha value is -2.34. The summed E-state index contributed by atoms with van der Waals surface area (Å²) in [7, 11) is 1.53. The Morgan fingerprint density at radius 1 is 1.43 bits per heavy atom. The molecule has 1 amide bonds. The molecule has 1 aromatic carbocycles. The van der Waals surface area contributed by atoms with Gasteiger partial charge in [-0.1, -0.05) is 31.1 Å². The van der Waals surface area contributed by atoms with Crippen LogP contribution in [0.15, 0.2) is 35.0 Å². The van der Waals surface area contributed by atoms with Crippen molar-refractivity contribution in [2.75, 3.05) is 12.4 Å². The Labute approximate surface area is 122 Å². The second kappa shape index (κ2) is 6.41. The van der Waals surface area contributed by atoms with E-state index in [9.17, 15) is 9.90 Å². The van der Waals surface area contributed by atoms with Gasteiger partial charge in [0.05, 0.1) is 13.3 Å². The van der Waals surface area contributed by atoms with Gasteiger partial charge in [-0.25, -0.2) is 0 Å². The zero-order chi connectivity index (χ0) is 15.4. The second-order valence-electron chi connectivity index (χ2n) is 4.93. The van der Waals surface area contributed by atoms with Gasteiger partial charge in [-0.3, -0.25) is 4.79 Å². The maximum absolute atomic E-state index is 12.1. The summed E-state index contributed by atoms with van der Waals surface area (Å²) < 4.78 is 10.2. The number of benzene rings is 1. The molecule has 0 saturated heterocycles. The fraction of sp³-hybridized carbons (Fsp3) is 0.333. The summed E-state index contributed by atoms with van der Waals surface area (Å²) in [5, 5.41) is 16.4. The summed E-state index contributed by atoms with van der Waals surface area (Å²) >= 11 is 0. The van der Waals surface area contributed by atoms with Crippen molar-refractivity contribution in [1.29, 1.82) is 0 Å². The van der Waals surface area contributed by atoms with E-state index in [2.05, 4.69) is 10.5 Å². The maximum atomic E-state index is 12.1. The monoisotopic (exact) mass is 290 g/mol. The van der Waals surface area contributed by atoms with Crippen LogP contribution in [0.3, 0.4) is 0 Å². The van der Waals surface area contributed by atoms with E-state index in [1.165, 1.54) is 13.3 Å². The average Bonchev–Trinajstić information content (AvgIpc) is 2.94. The van der Waals surface area contributed by atoms with Gasteiger partial charge in [0, 0.05) is 5.92 Å². The first kappa shape index (κ1) is 15.1. The summed E-state index contributed by atoms with van der Waals surface area (Å²) in [5.74, 6) is 0.679. The number of methoxy groups -OCH3 is 1. The van der Waals surface area contributed by atoms with Crippen molar-refractivity contribution in [3.63, 3.8) is 0 Å². The maximum Gasteiger partial charge on any atom is 0.257 e. The number of ether oxygens (including phenoxy) is 1. The van der Waals surface area contributed by atoms with Gasteiger partial charge in [0.25, 0.3) is 5.91 Å². The summed E-state index contributed by atoms with van der Waals surface area (Å²) in [6.07, 6.45) is 0.126. The molecule has 1 heterocycles. The molecular formula is C15H18N2O4. The molecular weight excluding hydrogens is 272 g/mol. The van der Waals surface area contributed by atoms with Crippen molar-refractivity contribution in [2.24, 2.45) is 0 Å². The molecule has 2 aromatic rings. The highest BCUT2D eigenvalue weighted by molar-refractivity contribution is 5.95. The summed E-state index contributed by atoms with van der Waals surface area (Å²) in [4.78, 5) is 12.1. The first-order valence-corrected chi connectivity index (χ1v) is 6.60. The van der Waals surface area contributed by atoms with E-state index in [1.54, 1.807) is 24.3 Å². The van der Waals surface area contributed by atoms with Crippen molar-refractivity contribution in [3.8, 4) is 5.75 Å². The number of nitrogens with one attached hydrogen (secondary N) is 1. The van der Waals surface area contributed by atoms with Crippen LogP contribution in [0.1, 0.15) is 37.2 Å². The number of carbonyl (C=O) groups excluding carboxylic acids is 1. The highest BCUT2D eigenvalue weighted by atomic mass is 16.5. The Kier molecular flexibility index (Phi) is 4.59. The van der Waals surface area contributed by atoms with Crippen LogP contribution in [0.4, 0.5) is 5.69 Å². The third kappa shape index (κ3) is 3.41. The predicted molar refractivity (Wildman–Crippen MR) is 77.2 cm³/mol. The number of aliphatic hydroxyl groups excluding tert-OH is 1. The standard InChI is InChI=1S/C15H18N2O4/c1-9(2)14-12(8-16-21-14)17-15(19)13(18)10-5-4-6-11(7-10)20-3/h4-9,13,18H,1-3H3,(H,17,19). The molecule has 0 bridgehead atoms. The lowest BCUT2D eigenvalue weighted by atomic mass is 10.1. The van der Waals surface area contributed by atoms with Gasteiger partial charge >= 0.3 is 0 Å². The summed E-state index contributed by atoms with van der Waals surface area (Å²) in [6, 6.07) is 6.72. The highest BCUT2D eigenvalue weighted by Gasteiger charge is 2.21. The second-order valence-corrected chi connectivity index (χ2v) is 4.93. The van der Waals surface area contributed by atoms with Gasteiger partial charge < -0.3 is 19.7 Å². The molecule has 2 N–H and O–H groups in total. The van der Waals surface area contributed by atoms with Crippen LogP contribution in [-0.4, -0.2) is 23.3 Å². The molecule has 0 radical (unpaired) electrons. The lowest BCUT2D eigenvalue weighted by Crippen LogP contribution is -2.21. The smallest absolute Gasteiger partial charge is 0.257 e. The number of nitrogens with zero attached hydrogens (tertiary/aromatic N) is 1. The van der Waals surface area contributed by atoms with Gasteiger partial charge in [0.2, 0.25) is 0 Å². The molecule has 0 spiro atoms. The van der Waals surface area contributed by atoms with E-state index < -0.39 is 12.0 Å². The fourth-order valence-corrected chi connectivity index (χ4v) is 1.92. The number of aliphatic hydroxyl groups is 1. The van der Waals surface area contributed by atoms with E-state index in [-0.39, 0.29) is 5.92 Å². The number of amides is 1. The number of rotatable bonds is 5. The topological polar surface area (TPSA) is 84.6 Å². The van der Waals surface area contributed by atoms with Gasteiger partial charge in [-0.15, -0.1) is 0 Å². The van der Waals surface area contributed by atoms with E-state index >= 15 is 0 Å². The number of carbonyl (C=O) groups is 1. The summed E-state index contributed by atoms with van der Waals surface area (Å²) in [5.41, 5.74) is 0.923. The van der Waals surface area contributed by atoms with Gasteiger partial charge in [0.15, 0.2) is 11.9 Å². The molecule has 6 nitrogen and oxygen atoms in total. The third-order valence-electron chi connectivity index (χ3n) is 3.04. The molecule has 21 heavy (non-hydrogen) atoms. The number of hydrogen-bond donors (Lipinski definition) is 2. The minimum atomic E-state index is -1.30. The number of aromatic nitrogens is 1. The Bertz CT molecular complexity index is 622. The molecule has 6 heteroatoms. The van der Waals surface area contributed by atoms with Gasteiger partial charge in [-0.2, -0.15) is 0 Å². The van der Waals surface area contributed by atoms with E-state index in [0.717, 1.165) is 0 Å².